The lowest BCUT2D eigenvalue weighted by atomic mass is 9.95. The number of hydrogen-bond acceptors (Lipinski definition) is 9. The SMILES string of the molecule is CN1CCOc2c(Cl)c(-c3cccc4sc(N)nc34)cc3nc(OC[C@@]45CCCN4C[C@H](F)C5)nc1c23. The van der Waals surface area contributed by atoms with E-state index in [1.165, 1.54) is 11.3 Å². The van der Waals surface area contributed by atoms with Crippen molar-refractivity contribution in [2.24, 2.45) is 0 Å². The van der Waals surface area contributed by atoms with Crippen LogP contribution >= 0.6 is 22.9 Å². The second kappa shape index (κ2) is 8.54. The van der Waals surface area contributed by atoms with E-state index in [4.69, 9.17) is 36.8 Å². The summed E-state index contributed by atoms with van der Waals surface area (Å²) < 4.78 is 27.7. The second-order valence-corrected chi connectivity index (χ2v) is 11.6. The average Bonchev–Trinajstić information content (AvgIpc) is 3.50. The van der Waals surface area contributed by atoms with Crippen LogP contribution in [0.3, 0.4) is 0 Å². The molecular weight excluding hydrogens is 515 g/mol. The first kappa shape index (κ1) is 23.2. The fraction of sp³-hybridized carbons (Fsp3) is 0.423. The Kier molecular flexibility index (Phi) is 5.35. The van der Waals surface area contributed by atoms with Gasteiger partial charge >= 0.3 is 6.01 Å². The third-order valence-electron chi connectivity index (χ3n) is 7.83. The summed E-state index contributed by atoms with van der Waals surface area (Å²) in [5.74, 6) is 1.25. The number of anilines is 2. The molecule has 2 fully saturated rings. The van der Waals surface area contributed by atoms with Gasteiger partial charge in [0.05, 0.1) is 38.2 Å². The van der Waals surface area contributed by atoms with Gasteiger partial charge in [0.15, 0.2) is 10.9 Å². The van der Waals surface area contributed by atoms with Crippen molar-refractivity contribution in [3.8, 4) is 22.9 Å². The van der Waals surface area contributed by atoms with Gasteiger partial charge in [-0.1, -0.05) is 35.1 Å². The fourth-order valence-electron chi connectivity index (χ4n) is 6.09. The highest BCUT2D eigenvalue weighted by Crippen LogP contribution is 2.47. The van der Waals surface area contributed by atoms with E-state index < -0.39 is 6.17 Å². The van der Waals surface area contributed by atoms with E-state index in [1.54, 1.807) is 0 Å². The zero-order chi connectivity index (χ0) is 25.3. The molecule has 3 aliphatic heterocycles. The summed E-state index contributed by atoms with van der Waals surface area (Å²) in [5.41, 5.74) is 8.81. The van der Waals surface area contributed by atoms with Crippen molar-refractivity contribution in [2.75, 3.05) is 50.5 Å². The molecule has 7 rings (SSSR count). The summed E-state index contributed by atoms with van der Waals surface area (Å²) in [7, 11) is 1.96. The van der Waals surface area contributed by atoms with Gasteiger partial charge < -0.3 is 20.1 Å². The number of para-hydroxylation sites is 1. The van der Waals surface area contributed by atoms with Gasteiger partial charge in [-0.3, -0.25) is 4.90 Å². The molecule has 0 radical (unpaired) electrons. The number of likely N-dealkylation sites (N-methyl/N-ethyl adjacent to an activating group) is 1. The van der Waals surface area contributed by atoms with Gasteiger partial charge in [0, 0.05) is 31.1 Å². The highest BCUT2D eigenvalue weighted by atomic mass is 35.5. The largest absolute Gasteiger partial charge is 0.489 e. The Labute approximate surface area is 222 Å². The van der Waals surface area contributed by atoms with Crippen molar-refractivity contribution < 1.29 is 13.9 Å². The number of benzene rings is 2. The molecule has 2 atom stereocenters. The number of alkyl halides is 1. The lowest BCUT2D eigenvalue weighted by Crippen LogP contribution is -2.43. The van der Waals surface area contributed by atoms with E-state index >= 15 is 0 Å². The van der Waals surface area contributed by atoms with Crippen molar-refractivity contribution in [2.45, 2.75) is 31.0 Å². The van der Waals surface area contributed by atoms with Crippen molar-refractivity contribution in [3.63, 3.8) is 0 Å². The molecule has 3 aliphatic rings. The molecule has 192 valence electrons. The topological polar surface area (TPSA) is 89.6 Å². The normalized spacial score (nSPS) is 23.4. The molecule has 2 aromatic heterocycles. The first-order valence-electron chi connectivity index (χ1n) is 12.5. The summed E-state index contributed by atoms with van der Waals surface area (Å²) in [4.78, 5) is 18.4. The molecule has 2 aromatic carbocycles. The van der Waals surface area contributed by atoms with Crippen LogP contribution in [-0.2, 0) is 0 Å². The molecule has 0 saturated carbocycles. The Bertz CT molecular complexity index is 1550. The van der Waals surface area contributed by atoms with Crippen LogP contribution in [0.1, 0.15) is 19.3 Å². The van der Waals surface area contributed by atoms with Crippen LogP contribution in [-0.4, -0.2) is 71.5 Å². The summed E-state index contributed by atoms with van der Waals surface area (Å²) in [6.45, 7) is 2.83. The number of hydrogen-bond donors (Lipinski definition) is 1. The predicted molar refractivity (Wildman–Crippen MR) is 145 cm³/mol. The number of nitrogen functional groups attached to an aromatic ring is 1. The summed E-state index contributed by atoms with van der Waals surface area (Å²) in [5, 5.41) is 1.73. The molecule has 37 heavy (non-hydrogen) atoms. The molecule has 11 heteroatoms. The molecule has 4 aromatic rings. The van der Waals surface area contributed by atoms with Crippen molar-refractivity contribution in [1.82, 2.24) is 19.9 Å². The molecule has 0 bridgehead atoms. The van der Waals surface area contributed by atoms with Crippen LogP contribution in [0.15, 0.2) is 24.3 Å². The van der Waals surface area contributed by atoms with Crippen molar-refractivity contribution >= 4 is 55.0 Å². The Morgan fingerprint density at radius 3 is 3.05 bits per heavy atom. The Hall–Kier alpha value is -2.95. The molecule has 8 nitrogen and oxygen atoms in total. The van der Waals surface area contributed by atoms with Gasteiger partial charge in [0.2, 0.25) is 0 Å². The van der Waals surface area contributed by atoms with Gasteiger partial charge in [0.25, 0.3) is 0 Å². The molecule has 2 saturated heterocycles. The zero-order valence-corrected chi connectivity index (χ0v) is 21.9. The first-order valence-corrected chi connectivity index (χ1v) is 13.7. The first-order chi connectivity index (χ1) is 17.9. The monoisotopic (exact) mass is 540 g/mol. The van der Waals surface area contributed by atoms with Crippen molar-refractivity contribution in [1.29, 1.82) is 0 Å². The number of fused-ring (bicyclic) bond motifs is 2. The molecule has 0 spiro atoms. The number of aromatic nitrogens is 3. The van der Waals surface area contributed by atoms with Crippen LogP contribution in [0.5, 0.6) is 11.8 Å². The molecule has 0 amide bonds. The fourth-order valence-corrected chi connectivity index (χ4v) is 7.16. The lowest BCUT2D eigenvalue weighted by molar-refractivity contribution is 0.107. The maximum absolute atomic E-state index is 14.3. The van der Waals surface area contributed by atoms with Crippen LogP contribution < -0.4 is 20.1 Å². The van der Waals surface area contributed by atoms with Gasteiger partial charge in [0.1, 0.15) is 25.2 Å². The number of nitrogens with zero attached hydrogens (tertiary/aromatic N) is 5. The molecule has 0 unspecified atom stereocenters. The second-order valence-electron chi connectivity index (χ2n) is 10.1. The highest BCUT2D eigenvalue weighted by Gasteiger charge is 2.49. The van der Waals surface area contributed by atoms with E-state index in [-0.39, 0.29) is 11.5 Å². The van der Waals surface area contributed by atoms with E-state index in [0.29, 0.717) is 60.0 Å². The third kappa shape index (κ3) is 3.68. The number of nitrogens with two attached hydrogens (primary N) is 1. The number of ether oxygens (including phenoxy) is 2. The average molecular weight is 541 g/mol. The van der Waals surface area contributed by atoms with E-state index in [1.807, 2.05) is 36.2 Å². The van der Waals surface area contributed by atoms with Gasteiger partial charge in [-0.25, -0.2) is 9.37 Å². The molecule has 2 N–H and O–H groups in total. The molecule has 0 aliphatic carbocycles. The Morgan fingerprint density at radius 1 is 1.27 bits per heavy atom. The lowest BCUT2D eigenvalue weighted by Gasteiger charge is -2.31. The number of thiazole rings is 1. The highest BCUT2D eigenvalue weighted by molar-refractivity contribution is 7.22. The van der Waals surface area contributed by atoms with Gasteiger partial charge in [-0.2, -0.15) is 9.97 Å². The van der Waals surface area contributed by atoms with Crippen LogP contribution in [0.2, 0.25) is 5.02 Å². The molecule has 5 heterocycles. The predicted octanol–water partition coefficient (Wildman–Crippen LogP) is 4.93. The minimum Gasteiger partial charge on any atom is -0.489 e. The van der Waals surface area contributed by atoms with Crippen LogP contribution in [0.4, 0.5) is 15.3 Å². The summed E-state index contributed by atoms with van der Waals surface area (Å²) in [6, 6.07) is 8.15. The van der Waals surface area contributed by atoms with Gasteiger partial charge in [-0.15, -0.1) is 0 Å². The number of halogens is 2. The van der Waals surface area contributed by atoms with E-state index in [0.717, 1.165) is 46.1 Å². The van der Waals surface area contributed by atoms with E-state index in [2.05, 4.69) is 9.88 Å². The summed E-state index contributed by atoms with van der Waals surface area (Å²) >= 11 is 8.42. The molecular formula is C26H26ClFN6O2S. The van der Waals surface area contributed by atoms with Crippen LogP contribution in [0, 0.1) is 0 Å². The number of rotatable bonds is 4. The van der Waals surface area contributed by atoms with Crippen molar-refractivity contribution in [3.05, 3.63) is 29.3 Å². The van der Waals surface area contributed by atoms with Gasteiger partial charge in [-0.05, 0) is 31.5 Å². The van der Waals surface area contributed by atoms with E-state index in [9.17, 15) is 4.39 Å². The Balaban J connectivity index is 1.36. The third-order valence-corrected chi connectivity index (χ3v) is 9.06. The standard InChI is InChI=1S/C26H26ClFN6O2S/c1-33-8-9-35-22-19-17(10-16(20(22)27)15-4-2-5-18-21(15)31-24(29)37-18)30-25(32-23(19)33)36-13-26-6-3-7-34(26)12-14(28)11-26/h2,4-5,10,14H,3,6-9,11-13H2,1H3,(H2,29,31)/t14-,26+/m1/s1. The maximum Gasteiger partial charge on any atom is 0.319 e. The Morgan fingerprint density at radius 2 is 2.16 bits per heavy atom. The van der Waals surface area contributed by atoms with Crippen LogP contribution in [0.25, 0.3) is 32.2 Å². The minimum absolute atomic E-state index is 0.273. The smallest absolute Gasteiger partial charge is 0.319 e. The zero-order valence-electron chi connectivity index (χ0n) is 20.3. The summed E-state index contributed by atoms with van der Waals surface area (Å²) in [6.07, 6.45) is 1.65. The minimum atomic E-state index is -0.816. The maximum atomic E-state index is 14.3. The quantitative estimate of drug-likeness (QED) is 0.390.